The predicted molar refractivity (Wildman–Crippen MR) is 59.3 cm³/mol. The van der Waals surface area contributed by atoms with Crippen LogP contribution in [0.2, 0.25) is 0 Å². The summed E-state index contributed by atoms with van der Waals surface area (Å²) in [4.78, 5) is 12.5. The van der Waals surface area contributed by atoms with Gasteiger partial charge in [-0.2, -0.15) is 5.10 Å². The van der Waals surface area contributed by atoms with Crippen molar-refractivity contribution in [3.05, 3.63) is 30.0 Å². The minimum atomic E-state index is 0.653. The standard InChI is InChI=1S/C11H11N3O/c1-14(2)11-10-4-3-8(7-15)5-9(10)6-12-13-11/h3-7H,1-2H3. The molecule has 0 aliphatic rings. The molecule has 0 spiro atoms. The van der Waals surface area contributed by atoms with Crippen molar-refractivity contribution in [1.82, 2.24) is 10.2 Å². The normalized spacial score (nSPS) is 10.3. The zero-order chi connectivity index (χ0) is 10.8. The lowest BCUT2D eigenvalue weighted by Gasteiger charge is -2.12. The van der Waals surface area contributed by atoms with E-state index in [9.17, 15) is 4.79 Å². The summed E-state index contributed by atoms with van der Waals surface area (Å²) in [6.45, 7) is 0. The first kappa shape index (κ1) is 9.58. The van der Waals surface area contributed by atoms with Crippen LogP contribution in [-0.4, -0.2) is 30.6 Å². The zero-order valence-corrected chi connectivity index (χ0v) is 8.64. The van der Waals surface area contributed by atoms with Crippen LogP contribution in [0.15, 0.2) is 24.4 Å². The smallest absolute Gasteiger partial charge is 0.158 e. The summed E-state index contributed by atoms with van der Waals surface area (Å²) in [6, 6.07) is 5.48. The first-order chi connectivity index (χ1) is 7.22. The Hall–Kier alpha value is -1.97. The molecule has 1 aromatic carbocycles. The molecule has 0 saturated heterocycles. The number of carbonyl (C=O) groups excluding carboxylic acids is 1. The minimum absolute atomic E-state index is 0.653. The Morgan fingerprint density at radius 3 is 2.80 bits per heavy atom. The predicted octanol–water partition coefficient (Wildman–Crippen LogP) is 1.51. The highest BCUT2D eigenvalue weighted by Crippen LogP contribution is 2.22. The fraction of sp³-hybridized carbons (Fsp3) is 0.182. The Labute approximate surface area is 87.5 Å². The number of nitrogens with zero attached hydrogens (tertiary/aromatic N) is 3. The van der Waals surface area contributed by atoms with Crippen LogP contribution >= 0.6 is 0 Å². The summed E-state index contributed by atoms with van der Waals surface area (Å²) in [5.41, 5.74) is 0.653. The molecular formula is C11H11N3O. The van der Waals surface area contributed by atoms with Gasteiger partial charge in [0.1, 0.15) is 6.29 Å². The van der Waals surface area contributed by atoms with Gasteiger partial charge in [-0.05, 0) is 12.1 Å². The molecule has 4 heteroatoms. The number of aromatic nitrogens is 2. The molecule has 2 aromatic rings. The van der Waals surface area contributed by atoms with E-state index in [0.29, 0.717) is 5.56 Å². The number of anilines is 1. The Balaban J connectivity index is 2.72. The first-order valence-electron chi connectivity index (χ1n) is 4.60. The molecule has 0 aliphatic heterocycles. The molecule has 0 bridgehead atoms. The molecular weight excluding hydrogens is 190 g/mol. The molecule has 0 N–H and O–H groups in total. The number of hydrogen-bond donors (Lipinski definition) is 0. The molecule has 1 aromatic heterocycles. The molecule has 0 amide bonds. The maximum absolute atomic E-state index is 10.6. The molecule has 2 rings (SSSR count). The second kappa shape index (κ2) is 3.65. The average Bonchev–Trinajstić information content (AvgIpc) is 2.27. The van der Waals surface area contributed by atoms with Crippen molar-refractivity contribution in [3.8, 4) is 0 Å². The maximum atomic E-state index is 10.6. The number of benzene rings is 1. The van der Waals surface area contributed by atoms with E-state index in [1.807, 2.05) is 31.1 Å². The van der Waals surface area contributed by atoms with E-state index in [1.54, 1.807) is 12.3 Å². The van der Waals surface area contributed by atoms with Crippen LogP contribution in [0.5, 0.6) is 0 Å². The van der Waals surface area contributed by atoms with Gasteiger partial charge in [-0.15, -0.1) is 5.10 Å². The Kier molecular flexibility index (Phi) is 2.33. The monoisotopic (exact) mass is 201 g/mol. The summed E-state index contributed by atoms with van der Waals surface area (Å²) in [5, 5.41) is 9.88. The molecule has 0 saturated carbocycles. The highest BCUT2D eigenvalue weighted by molar-refractivity contribution is 5.94. The number of fused-ring (bicyclic) bond motifs is 1. The van der Waals surface area contributed by atoms with Crippen LogP contribution in [0.4, 0.5) is 5.82 Å². The molecule has 1 heterocycles. The van der Waals surface area contributed by atoms with E-state index in [2.05, 4.69) is 10.2 Å². The van der Waals surface area contributed by atoms with Gasteiger partial charge in [0.25, 0.3) is 0 Å². The maximum Gasteiger partial charge on any atom is 0.158 e. The third-order valence-corrected chi connectivity index (χ3v) is 2.23. The first-order valence-corrected chi connectivity index (χ1v) is 4.60. The van der Waals surface area contributed by atoms with Crippen molar-refractivity contribution in [2.24, 2.45) is 0 Å². The number of hydrogen-bond acceptors (Lipinski definition) is 4. The lowest BCUT2D eigenvalue weighted by Crippen LogP contribution is -2.11. The lowest BCUT2D eigenvalue weighted by atomic mass is 10.1. The van der Waals surface area contributed by atoms with E-state index in [4.69, 9.17) is 0 Å². The minimum Gasteiger partial charge on any atom is -0.361 e. The quantitative estimate of drug-likeness (QED) is 0.691. The second-order valence-electron chi connectivity index (χ2n) is 3.53. The van der Waals surface area contributed by atoms with E-state index >= 15 is 0 Å². The molecule has 15 heavy (non-hydrogen) atoms. The van der Waals surface area contributed by atoms with Crippen molar-refractivity contribution in [1.29, 1.82) is 0 Å². The summed E-state index contributed by atoms with van der Waals surface area (Å²) >= 11 is 0. The van der Waals surface area contributed by atoms with E-state index in [1.165, 1.54) is 0 Å². The summed E-state index contributed by atoms with van der Waals surface area (Å²) in [5.74, 6) is 0.810. The highest BCUT2D eigenvalue weighted by Gasteiger charge is 2.05. The second-order valence-corrected chi connectivity index (χ2v) is 3.53. The molecule has 0 fully saturated rings. The van der Waals surface area contributed by atoms with Crippen LogP contribution < -0.4 is 4.90 Å². The molecule has 0 unspecified atom stereocenters. The van der Waals surface area contributed by atoms with Crippen LogP contribution in [0, 0.1) is 0 Å². The zero-order valence-electron chi connectivity index (χ0n) is 8.64. The summed E-state index contributed by atoms with van der Waals surface area (Å²) < 4.78 is 0. The van der Waals surface area contributed by atoms with Gasteiger partial charge in [-0.3, -0.25) is 4.79 Å². The van der Waals surface area contributed by atoms with Crippen molar-refractivity contribution in [2.75, 3.05) is 19.0 Å². The Bertz CT molecular complexity index is 508. The van der Waals surface area contributed by atoms with Gasteiger partial charge in [0.15, 0.2) is 5.82 Å². The van der Waals surface area contributed by atoms with Gasteiger partial charge in [0, 0.05) is 30.4 Å². The van der Waals surface area contributed by atoms with Crippen molar-refractivity contribution >= 4 is 22.9 Å². The summed E-state index contributed by atoms with van der Waals surface area (Å²) in [7, 11) is 3.83. The third-order valence-electron chi connectivity index (χ3n) is 2.23. The largest absolute Gasteiger partial charge is 0.361 e. The average molecular weight is 201 g/mol. The van der Waals surface area contributed by atoms with E-state index in [0.717, 1.165) is 22.9 Å². The van der Waals surface area contributed by atoms with E-state index < -0.39 is 0 Å². The van der Waals surface area contributed by atoms with Crippen LogP contribution in [0.3, 0.4) is 0 Å². The lowest BCUT2D eigenvalue weighted by molar-refractivity contribution is 0.112. The van der Waals surface area contributed by atoms with Gasteiger partial charge in [-0.25, -0.2) is 0 Å². The number of carbonyl (C=O) groups is 1. The third kappa shape index (κ3) is 1.66. The van der Waals surface area contributed by atoms with Gasteiger partial charge in [-0.1, -0.05) is 6.07 Å². The Morgan fingerprint density at radius 2 is 2.13 bits per heavy atom. The Morgan fingerprint density at radius 1 is 1.33 bits per heavy atom. The van der Waals surface area contributed by atoms with Gasteiger partial charge < -0.3 is 4.90 Å². The summed E-state index contributed by atoms with van der Waals surface area (Å²) in [6.07, 6.45) is 2.49. The SMILES string of the molecule is CN(C)c1nncc2cc(C=O)ccc12. The highest BCUT2D eigenvalue weighted by atomic mass is 16.1. The van der Waals surface area contributed by atoms with Crippen LogP contribution in [-0.2, 0) is 0 Å². The van der Waals surface area contributed by atoms with Gasteiger partial charge in [0.2, 0.25) is 0 Å². The number of aldehydes is 1. The van der Waals surface area contributed by atoms with Crippen molar-refractivity contribution < 1.29 is 4.79 Å². The van der Waals surface area contributed by atoms with E-state index in [-0.39, 0.29) is 0 Å². The molecule has 76 valence electrons. The van der Waals surface area contributed by atoms with Crippen molar-refractivity contribution in [2.45, 2.75) is 0 Å². The van der Waals surface area contributed by atoms with Gasteiger partial charge >= 0.3 is 0 Å². The van der Waals surface area contributed by atoms with Crippen LogP contribution in [0.1, 0.15) is 10.4 Å². The van der Waals surface area contributed by atoms with Crippen molar-refractivity contribution in [3.63, 3.8) is 0 Å². The fourth-order valence-corrected chi connectivity index (χ4v) is 1.49. The molecule has 0 aliphatic carbocycles. The number of rotatable bonds is 2. The molecule has 4 nitrogen and oxygen atoms in total. The van der Waals surface area contributed by atoms with Gasteiger partial charge in [0.05, 0.1) is 6.20 Å². The topological polar surface area (TPSA) is 46.1 Å². The molecule has 0 radical (unpaired) electrons. The van der Waals surface area contributed by atoms with Crippen LogP contribution in [0.25, 0.3) is 10.8 Å². The fourth-order valence-electron chi connectivity index (χ4n) is 1.49. The molecule has 0 atom stereocenters.